The van der Waals surface area contributed by atoms with Gasteiger partial charge in [0, 0.05) is 12.3 Å². The number of benzene rings is 1. The highest BCUT2D eigenvalue weighted by atomic mass is 32.2. The summed E-state index contributed by atoms with van der Waals surface area (Å²) < 4.78 is 12.9. The first kappa shape index (κ1) is 12.4. The van der Waals surface area contributed by atoms with Crippen molar-refractivity contribution < 1.29 is 14.3 Å². The van der Waals surface area contributed by atoms with E-state index in [0.29, 0.717) is 17.7 Å². The van der Waals surface area contributed by atoms with Crippen molar-refractivity contribution in [1.29, 1.82) is 0 Å². The minimum Gasteiger partial charge on any atom is -0.379 e. The third-order valence-electron chi connectivity index (χ3n) is 2.77. The van der Waals surface area contributed by atoms with E-state index in [9.17, 15) is 14.3 Å². The van der Waals surface area contributed by atoms with Crippen molar-refractivity contribution in [2.45, 2.75) is 18.6 Å². The number of hydrogen-bond donors (Lipinski definition) is 2. The zero-order valence-corrected chi connectivity index (χ0v) is 10.1. The number of thioether (sulfide) groups is 1. The maximum Gasteiger partial charge on any atom is 0.253 e. The van der Waals surface area contributed by atoms with Crippen LogP contribution in [0.1, 0.15) is 12.0 Å². The minimum atomic E-state index is -1.25. The molecule has 0 spiro atoms. The molecule has 0 aliphatic carbocycles. The van der Waals surface area contributed by atoms with Gasteiger partial charge in [-0.2, -0.15) is 11.8 Å². The van der Waals surface area contributed by atoms with Crippen LogP contribution in [0.15, 0.2) is 24.3 Å². The number of carbonyl (C=O) groups is 1. The van der Waals surface area contributed by atoms with E-state index in [1.807, 2.05) is 0 Å². The average molecular weight is 255 g/mol. The maximum absolute atomic E-state index is 12.9. The van der Waals surface area contributed by atoms with E-state index in [2.05, 4.69) is 5.32 Å². The molecule has 1 fully saturated rings. The van der Waals surface area contributed by atoms with E-state index in [4.69, 9.17) is 0 Å². The fourth-order valence-corrected chi connectivity index (χ4v) is 2.97. The first-order valence-corrected chi connectivity index (χ1v) is 6.58. The Kier molecular flexibility index (Phi) is 3.69. The highest BCUT2D eigenvalue weighted by Gasteiger charge is 2.39. The molecule has 5 heteroatoms. The number of hydrogen-bond acceptors (Lipinski definition) is 3. The van der Waals surface area contributed by atoms with Gasteiger partial charge in [0.25, 0.3) is 5.91 Å². The Balaban J connectivity index is 1.92. The number of aliphatic hydroxyl groups is 1. The molecule has 1 aromatic rings. The van der Waals surface area contributed by atoms with Gasteiger partial charge in [-0.3, -0.25) is 4.79 Å². The molecule has 92 valence electrons. The molecule has 1 amide bonds. The molecule has 0 aromatic heterocycles. The standard InChI is InChI=1S/C12H14FNO2S/c13-10-3-1-2-9(6-10)7-14-11(15)12(16)4-5-17-8-12/h1-3,6,16H,4-5,7-8H2,(H,14,15). The monoisotopic (exact) mass is 255 g/mol. The van der Waals surface area contributed by atoms with Crippen LogP contribution in [0.3, 0.4) is 0 Å². The largest absolute Gasteiger partial charge is 0.379 e. The highest BCUT2D eigenvalue weighted by Crippen LogP contribution is 2.27. The Morgan fingerprint density at radius 2 is 2.41 bits per heavy atom. The molecule has 1 aliphatic heterocycles. The van der Waals surface area contributed by atoms with E-state index in [1.165, 1.54) is 12.1 Å². The zero-order valence-electron chi connectivity index (χ0n) is 9.28. The number of nitrogens with one attached hydrogen (secondary N) is 1. The summed E-state index contributed by atoms with van der Waals surface area (Å²) in [4.78, 5) is 11.8. The molecule has 1 atom stereocenters. The van der Waals surface area contributed by atoms with Crippen LogP contribution in [0.5, 0.6) is 0 Å². The normalized spacial score (nSPS) is 23.6. The molecule has 0 bridgehead atoms. The lowest BCUT2D eigenvalue weighted by Crippen LogP contribution is -2.46. The molecule has 3 nitrogen and oxygen atoms in total. The van der Waals surface area contributed by atoms with Crippen molar-refractivity contribution in [3.8, 4) is 0 Å². The van der Waals surface area contributed by atoms with Gasteiger partial charge in [0.2, 0.25) is 0 Å². The van der Waals surface area contributed by atoms with Crippen molar-refractivity contribution in [2.75, 3.05) is 11.5 Å². The molecule has 0 radical (unpaired) electrons. The summed E-state index contributed by atoms with van der Waals surface area (Å²) in [7, 11) is 0. The van der Waals surface area contributed by atoms with Crippen molar-refractivity contribution in [2.24, 2.45) is 0 Å². The Morgan fingerprint density at radius 1 is 1.59 bits per heavy atom. The molecule has 2 N–H and O–H groups in total. The molecule has 1 aliphatic rings. The fourth-order valence-electron chi connectivity index (χ4n) is 1.73. The van der Waals surface area contributed by atoms with Gasteiger partial charge in [0.15, 0.2) is 5.60 Å². The van der Waals surface area contributed by atoms with E-state index < -0.39 is 5.60 Å². The number of amides is 1. The van der Waals surface area contributed by atoms with Crippen LogP contribution in [0.4, 0.5) is 4.39 Å². The van der Waals surface area contributed by atoms with E-state index in [1.54, 1.807) is 23.9 Å². The van der Waals surface area contributed by atoms with E-state index in [-0.39, 0.29) is 18.3 Å². The maximum atomic E-state index is 12.9. The molecule has 0 saturated carbocycles. The number of carbonyl (C=O) groups excluding carboxylic acids is 1. The zero-order chi connectivity index (χ0) is 12.3. The van der Waals surface area contributed by atoms with Crippen LogP contribution in [-0.4, -0.2) is 28.1 Å². The lowest BCUT2D eigenvalue weighted by molar-refractivity contribution is -0.137. The summed E-state index contributed by atoms with van der Waals surface area (Å²) in [5.74, 6) is 0.532. The Bertz CT molecular complexity index is 419. The quantitative estimate of drug-likeness (QED) is 0.856. The van der Waals surface area contributed by atoms with E-state index in [0.717, 1.165) is 5.75 Å². The minimum absolute atomic E-state index is 0.240. The fraction of sp³-hybridized carbons (Fsp3) is 0.417. The van der Waals surface area contributed by atoms with Gasteiger partial charge in [0.1, 0.15) is 5.82 Å². The van der Waals surface area contributed by atoms with Crippen molar-refractivity contribution in [1.82, 2.24) is 5.32 Å². The predicted molar refractivity (Wildman–Crippen MR) is 65.1 cm³/mol. The van der Waals surface area contributed by atoms with Crippen LogP contribution in [0.25, 0.3) is 0 Å². The van der Waals surface area contributed by atoms with Crippen molar-refractivity contribution in [3.63, 3.8) is 0 Å². The molecular formula is C12H14FNO2S. The first-order valence-electron chi connectivity index (χ1n) is 5.43. The topological polar surface area (TPSA) is 49.3 Å². The second-order valence-corrected chi connectivity index (χ2v) is 5.25. The van der Waals surface area contributed by atoms with Gasteiger partial charge >= 0.3 is 0 Å². The summed E-state index contributed by atoms with van der Waals surface area (Å²) in [6, 6.07) is 6.05. The van der Waals surface area contributed by atoms with Gasteiger partial charge in [0.05, 0.1) is 0 Å². The SMILES string of the molecule is O=C(NCc1cccc(F)c1)C1(O)CCSC1. The highest BCUT2D eigenvalue weighted by molar-refractivity contribution is 7.99. The van der Waals surface area contributed by atoms with Gasteiger partial charge in [-0.05, 0) is 29.9 Å². The van der Waals surface area contributed by atoms with Gasteiger partial charge in [-0.25, -0.2) is 4.39 Å². The third kappa shape index (κ3) is 2.98. The summed E-state index contributed by atoms with van der Waals surface area (Å²) >= 11 is 1.56. The summed E-state index contributed by atoms with van der Waals surface area (Å²) in [6.45, 7) is 0.240. The van der Waals surface area contributed by atoms with Crippen LogP contribution in [0, 0.1) is 5.82 Å². The smallest absolute Gasteiger partial charge is 0.253 e. The van der Waals surface area contributed by atoms with Crippen LogP contribution < -0.4 is 5.32 Å². The average Bonchev–Trinajstić information content (AvgIpc) is 2.74. The molecule has 2 rings (SSSR count). The molecule has 1 unspecified atom stereocenters. The molecule has 1 aromatic carbocycles. The van der Waals surface area contributed by atoms with Gasteiger partial charge in [-0.15, -0.1) is 0 Å². The summed E-state index contributed by atoms with van der Waals surface area (Å²) in [5.41, 5.74) is -0.564. The molecular weight excluding hydrogens is 241 g/mol. The Labute approximate surface area is 103 Å². The summed E-state index contributed by atoms with van der Waals surface area (Å²) in [6.07, 6.45) is 0.479. The van der Waals surface area contributed by atoms with Crippen molar-refractivity contribution in [3.05, 3.63) is 35.6 Å². The second-order valence-electron chi connectivity index (χ2n) is 4.15. The molecule has 1 saturated heterocycles. The van der Waals surface area contributed by atoms with Crippen LogP contribution in [0.2, 0.25) is 0 Å². The summed E-state index contributed by atoms with van der Waals surface area (Å²) in [5, 5.41) is 12.6. The van der Waals surface area contributed by atoms with Crippen molar-refractivity contribution >= 4 is 17.7 Å². The molecule has 1 heterocycles. The predicted octanol–water partition coefficient (Wildman–Crippen LogP) is 1.31. The number of halogens is 1. The first-order chi connectivity index (χ1) is 8.10. The van der Waals surface area contributed by atoms with Crippen LogP contribution >= 0.6 is 11.8 Å². The third-order valence-corrected chi connectivity index (χ3v) is 3.94. The Hall–Kier alpha value is -1.07. The number of rotatable bonds is 3. The van der Waals surface area contributed by atoms with Crippen LogP contribution in [-0.2, 0) is 11.3 Å². The lowest BCUT2D eigenvalue weighted by Gasteiger charge is -2.20. The lowest BCUT2D eigenvalue weighted by atomic mass is 10.0. The Morgan fingerprint density at radius 3 is 3.06 bits per heavy atom. The van der Waals surface area contributed by atoms with Gasteiger partial charge in [-0.1, -0.05) is 12.1 Å². The van der Waals surface area contributed by atoms with E-state index >= 15 is 0 Å². The second kappa shape index (κ2) is 5.06. The molecule has 17 heavy (non-hydrogen) atoms. The van der Waals surface area contributed by atoms with Gasteiger partial charge < -0.3 is 10.4 Å².